The Hall–Kier alpha value is -2.89. The first-order valence-corrected chi connectivity index (χ1v) is 5.70. The van der Waals surface area contributed by atoms with Crippen molar-refractivity contribution >= 4 is 28.2 Å². The van der Waals surface area contributed by atoms with Crippen molar-refractivity contribution in [2.24, 2.45) is 0 Å². The van der Waals surface area contributed by atoms with Gasteiger partial charge in [0.25, 0.3) is 5.91 Å². The van der Waals surface area contributed by atoms with Crippen LogP contribution in [0.4, 0.5) is 11.5 Å². The lowest BCUT2D eigenvalue weighted by atomic mass is 10.1. The first kappa shape index (κ1) is 11.2. The van der Waals surface area contributed by atoms with Gasteiger partial charge in [0.15, 0.2) is 11.5 Å². The maximum atomic E-state index is 11.9. The highest BCUT2D eigenvalue weighted by Gasteiger charge is 2.14. The molecule has 0 atom stereocenters. The molecule has 1 aromatic heterocycles. The van der Waals surface area contributed by atoms with Crippen LogP contribution in [0.5, 0.6) is 0 Å². The summed E-state index contributed by atoms with van der Waals surface area (Å²) in [4.78, 5) is 11.9. The van der Waals surface area contributed by atoms with Crippen LogP contribution in [0.3, 0.4) is 0 Å². The number of carbonyl (C=O) groups is 1. The molecule has 19 heavy (non-hydrogen) atoms. The molecule has 6 nitrogen and oxygen atoms in total. The standard InChI is InChI=1S/C13H11N5O/c14-12-11(16-18-17-12)13(19)15-10-6-5-8-3-1-2-4-9(8)7-10/h1-7H,(H,15,19)(H3,14,16,17,18). The molecule has 0 bridgehead atoms. The fourth-order valence-electron chi connectivity index (χ4n) is 1.86. The van der Waals surface area contributed by atoms with Gasteiger partial charge < -0.3 is 11.1 Å². The summed E-state index contributed by atoms with van der Waals surface area (Å²) in [5.41, 5.74) is 6.30. The second-order valence-corrected chi connectivity index (χ2v) is 4.07. The smallest absolute Gasteiger partial charge is 0.280 e. The summed E-state index contributed by atoms with van der Waals surface area (Å²) < 4.78 is 0. The molecule has 2 aromatic carbocycles. The average Bonchev–Trinajstić information content (AvgIpc) is 2.85. The Balaban J connectivity index is 1.89. The van der Waals surface area contributed by atoms with E-state index in [1.165, 1.54) is 0 Å². The van der Waals surface area contributed by atoms with Crippen molar-refractivity contribution in [3.8, 4) is 0 Å². The molecule has 0 aliphatic carbocycles. The third-order valence-electron chi connectivity index (χ3n) is 2.80. The molecule has 3 aromatic rings. The number of anilines is 2. The molecule has 0 aliphatic rings. The highest BCUT2D eigenvalue weighted by Crippen LogP contribution is 2.19. The maximum Gasteiger partial charge on any atom is 0.280 e. The molecule has 4 N–H and O–H groups in total. The number of nitrogens with one attached hydrogen (secondary N) is 2. The normalized spacial score (nSPS) is 10.5. The van der Waals surface area contributed by atoms with Crippen LogP contribution < -0.4 is 11.1 Å². The number of amides is 1. The predicted octanol–water partition coefficient (Wildman–Crippen LogP) is 1.79. The molecular formula is C13H11N5O. The molecular weight excluding hydrogens is 242 g/mol. The Morgan fingerprint density at radius 2 is 1.89 bits per heavy atom. The SMILES string of the molecule is Nc1n[nH]nc1C(=O)Nc1ccc2ccccc2c1. The number of hydrogen-bond donors (Lipinski definition) is 3. The highest BCUT2D eigenvalue weighted by molar-refractivity contribution is 6.06. The van der Waals surface area contributed by atoms with Crippen LogP contribution in [-0.4, -0.2) is 21.3 Å². The van der Waals surface area contributed by atoms with E-state index in [0.717, 1.165) is 10.8 Å². The fraction of sp³-hybridized carbons (Fsp3) is 0. The fourth-order valence-corrected chi connectivity index (χ4v) is 1.86. The van der Waals surface area contributed by atoms with Crippen LogP contribution >= 0.6 is 0 Å². The molecule has 0 spiro atoms. The Kier molecular flexibility index (Phi) is 2.60. The molecule has 1 heterocycles. The van der Waals surface area contributed by atoms with Gasteiger partial charge in [-0.05, 0) is 22.9 Å². The number of aromatic amines is 1. The van der Waals surface area contributed by atoms with Gasteiger partial charge in [0.2, 0.25) is 0 Å². The van der Waals surface area contributed by atoms with E-state index in [2.05, 4.69) is 20.7 Å². The van der Waals surface area contributed by atoms with E-state index in [4.69, 9.17) is 5.73 Å². The summed E-state index contributed by atoms with van der Waals surface area (Å²) in [5.74, 6) is -0.306. The third-order valence-corrected chi connectivity index (χ3v) is 2.80. The Morgan fingerprint density at radius 1 is 1.11 bits per heavy atom. The second kappa shape index (κ2) is 4.41. The number of nitrogen functional groups attached to an aromatic ring is 1. The molecule has 0 saturated heterocycles. The van der Waals surface area contributed by atoms with Gasteiger partial charge in [0.05, 0.1) is 0 Å². The Morgan fingerprint density at radius 3 is 2.63 bits per heavy atom. The van der Waals surface area contributed by atoms with Gasteiger partial charge in [0.1, 0.15) is 0 Å². The highest BCUT2D eigenvalue weighted by atomic mass is 16.2. The van der Waals surface area contributed by atoms with Crippen LogP contribution in [0, 0.1) is 0 Å². The topological polar surface area (TPSA) is 96.7 Å². The number of benzene rings is 2. The number of carbonyl (C=O) groups excluding carboxylic acids is 1. The van der Waals surface area contributed by atoms with E-state index in [1.807, 2.05) is 42.5 Å². The van der Waals surface area contributed by atoms with Gasteiger partial charge in [-0.3, -0.25) is 4.79 Å². The number of nitrogens with zero attached hydrogens (tertiary/aromatic N) is 2. The van der Waals surface area contributed by atoms with Crippen molar-refractivity contribution in [1.82, 2.24) is 15.4 Å². The number of H-pyrrole nitrogens is 1. The molecule has 0 fully saturated rings. The zero-order chi connectivity index (χ0) is 13.2. The quantitative estimate of drug-likeness (QED) is 0.648. The summed E-state index contributed by atoms with van der Waals surface area (Å²) in [5, 5.41) is 14.5. The number of rotatable bonds is 2. The lowest BCUT2D eigenvalue weighted by Crippen LogP contribution is -2.14. The lowest BCUT2D eigenvalue weighted by Gasteiger charge is -2.05. The summed E-state index contributed by atoms with van der Waals surface area (Å²) in [6.45, 7) is 0. The third kappa shape index (κ3) is 2.11. The van der Waals surface area contributed by atoms with E-state index >= 15 is 0 Å². The zero-order valence-corrected chi connectivity index (χ0v) is 9.92. The molecule has 1 amide bonds. The minimum Gasteiger partial charge on any atom is -0.380 e. The van der Waals surface area contributed by atoms with Crippen LogP contribution in [0.25, 0.3) is 10.8 Å². The molecule has 0 aliphatic heterocycles. The molecule has 0 saturated carbocycles. The average molecular weight is 253 g/mol. The van der Waals surface area contributed by atoms with Crippen LogP contribution in [0.15, 0.2) is 42.5 Å². The van der Waals surface area contributed by atoms with E-state index in [1.54, 1.807) is 0 Å². The summed E-state index contributed by atoms with van der Waals surface area (Å²) in [6.07, 6.45) is 0. The predicted molar refractivity (Wildman–Crippen MR) is 72.7 cm³/mol. The van der Waals surface area contributed by atoms with E-state index in [-0.39, 0.29) is 17.4 Å². The first-order valence-electron chi connectivity index (χ1n) is 5.70. The van der Waals surface area contributed by atoms with Crippen molar-refractivity contribution in [2.45, 2.75) is 0 Å². The van der Waals surface area contributed by atoms with Crippen molar-refractivity contribution < 1.29 is 4.79 Å². The zero-order valence-electron chi connectivity index (χ0n) is 9.92. The van der Waals surface area contributed by atoms with Gasteiger partial charge >= 0.3 is 0 Å². The lowest BCUT2D eigenvalue weighted by molar-refractivity contribution is 0.102. The van der Waals surface area contributed by atoms with Gasteiger partial charge in [-0.25, -0.2) is 0 Å². The number of aromatic nitrogens is 3. The first-order chi connectivity index (χ1) is 9.24. The second-order valence-electron chi connectivity index (χ2n) is 4.07. The van der Waals surface area contributed by atoms with Gasteiger partial charge in [0, 0.05) is 5.69 Å². The van der Waals surface area contributed by atoms with Crippen LogP contribution in [0.2, 0.25) is 0 Å². The van der Waals surface area contributed by atoms with E-state index in [9.17, 15) is 4.79 Å². The summed E-state index contributed by atoms with van der Waals surface area (Å²) >= 11 is 0. The molecule has 6 heteroatoms. The monoisotopic (exact) mass is 253 g/mol. The minimum absolute atomic E-state index is 0.0817. The van der Waals surface area contributed by atoms with E-state index in [0.29, 0.717) is 5.69 Å². The molecule has 3 rings (SSSR count). The maximum absolute atomic E-state index is 11.9. The summed E-state index contributed by atoms with van der Waals surface area (Å²) in [7, 11) is 0. The van der Waals surface area contributed by atoms with Gasteiger partial charge in [-0.2, -0.15) is 5.21 Å². The number of hydrogen-bond acceptors (Lipinski definition) is 4. The largest absolute Gasteiger partial charge is 0.380 e. The van der Waals surface area contributed by atoms with E-state index < -0.39 is 0 Å². The molecule has 0 radical (unpaired) electrons. The van der Waals surface area contributed by atoms with Gasteiger partial charge in [-0.15, -0.1) is 10.2 Å². The Labute approximate surface area is 108 Å². The number of fused-ring (bicyclic) bond motifs is 1. The Bertz CT molecular complexity index is 749. The van der Waals surface area contributed by atoms with Crippen LogP contribution in [-0.2, 0) is 0 Å². The van der Waals surface area contributed by atoms with Crippen LogP contribution in [0.1, 0.15) is 10.5 Å². The number of nitrogens with two attached hydrogens (primary N) is 1. The van der Waals surface area contributed by atoms with Crippen molar-refractivity contribution in [3.63, 3.8) is 0 Å². The molecule has 94 valence electrons. The van der Waals surface area contributed by atoms with Crippen molar-refractivity contribution in [1.29, 1.82) is 0 Å². The molecule has 0 unspecified atom stereocenters. The minimum atomic E-state index is -0.387. The summed E-state index contributed by atoms with van der Waals surface area (Å²) in [6, 6.07) is 13.6. The van der Waals surface area contributed by atoms with Gasteiger partial charge in [-0.1, -0.05) is 30.3 Å². The van der Waals surface area contributed by atoms with Crippen molar-refractivity contribution in [2.75, 3.05) is 11.1 Å². The van der Waals surface area contributed by atoms with Crippen molar-refractivity contribution in [3.05, 3.63) is 48.2 Å².